The van der Waals surface area contributed by atoms with Crippen molar-refractivity contribution in [3.8, 4) is 0 Å². The lowest BCUT2D eigenvalue weighted by Crippen LogP contribution is -2.56. The van der Waals surface area contributed by atoms with Gasteiger partial charge in [0.05, 0.1) is 12.4 Å². The Morgan fingerprint density at radius 1 is 0.927 bits per heavy atom. The first-order valence-electron chi connectivity index (χ1n) is 13.6. The van der Waals surface area contributed by atoms with Gasteiger partial charge in [0.2, 0.25) is 5.91 Å². The number of nitrogens with two attached hydrogens (primary N) is 1. The van der Waals surface area contributed by atoms with E-state index in [4.69, 9.17) is 10.5 Å². The molecule has 0 saturated carbocycles. The van der Waals surface area contributed by atoms with E-state index in [1.807, 2.05) is 74.5 Å². The van der Waals surface area contributed by atoms with E-state index in [0.29, 0.717) is 5.69 Å². The Morgan fingerprint density at radius 3 is 2.12 bits per heavy atom. The molecular formula is C30H39N5O6. The van der Waals surface area contributed by atoms with Gasteiger partial charge in [-0.3, -0.25) is 9.59 Å². The number of nitrogens with one attached hydrogen (secondary N) is 3. The van der Waals surface area contributed by atoms with Crippen molar-refractivity contribution >= 4 is 17.8 Å². The molecule has 0 spiro atoms. The van der Waals surface area contributed by atoms with E-state index in [9.17, 15) is 24.6 Å². The van der Waals surface area contributed by atoms with Crippen LogP contribution < -0.4 is 16.4 Å². The van der Waals surface area contributed by atoms with Gasteiger partial charge in [0.15, 0.2) is 5.78 Å². The molecule has 0 fully saturated rings. The van der Waals surface area contributed by atoms with Crippen molar-refractivity contribution in [3.63, 3.8) is 0 Å². The Labute approximate surface area is 239 Å². The highest BCUT2D eigenvalue weighted by atomic mass is 16.5. The molecule has 5 atom stereocenters. The summed E-state index contributed by atoms with van der Waals surface area (Å²) in [4.78, 5) is 47.0. The van der Waals surface area contributed by atoms with Crippen LogP contribution >= 0.6 is 0 Å². The molecule has 0 aliphatic heterocycles. The van der Waals surface area contributed by atoms with Gasteiger partial charge in [-0.2, -0.15) is 0 Å². The molecule has 220 valence electrons. The molecule has 1 heterocycles. The molecule has 0 saturated heterocycles. The first kappa shape index (κ1) is 31.5. The van der Waals surface area contributed by atoms with Crippen LogP contribution in [0.4, 0.5) is 4.79 Å². The standard InChI is InChI=1S/C30H39N5O6/c1-19(2)13-23(27(37)28(31)38)26(36)24(15-22-16-32-18-33-22)34-29(39)25(14-20-9-5-3-6-10-20)35-30(40)41-17-21-11-7-4-8-12-21/h3-12,16,18-19,23-25,27-28,37-38H,13-15,17,31H2,1-2H3,(H,32,33)(H,34,39)(H,35,40)/t23-,24+,25+,27+,28?/m1/s1. The number of aliphatic hydroxyl groups is 2. The predicted molar refractivity (Wildman–Crippen MR) is 152 cm³/mol. The molecule has 3 rings (SSSR count). The van der Waals surface area contributed by atoms with Crippen molar-refractivity contribution in [3.05, 3.63) is 90.0 Å². The first-order valence-corrected chi connectivity index (χ1v) is 13.6. The number of carbonyl (C=O) groups excluding carboxylic acids is 3. The summed E-state index contributed by atoms with van der Waals surface area (Å²) < 4.78 is 5.34. The molecule has 2 amide bonds. The van der Waals surface area contributed by atoms with Crippen LogP contribution in [0.2, 0.25) is 0 Å². The zero-order valence-corrected chi connectivity index (χ0v) is 23.3. The van der Waals surface area contributed by atoms with Crippen molar-refractivity contribution in [2.75, 3.05) is 0 Å². The summed E-state index contributed by atoms with van der Waals surface area (Å²) >= 11 is 0. The molecule has 2 aromatic carbocycles. The van der Waals surface area contributed by atoms with E-state index in [2.05, 4.69) is 20.6 Å². The summed E-state index contributed by atoms with van der Waals surface area (Å²) in [6.07, 6.45) is -0.567. The molecule has 11 heteroatoms. The molecule has 0 radical (unpaired) electrons. The molecular weight excluding hydrogens is 526 g/mol. The van der Waals surface area contributed by atoms with Crippen LogP contribution in [0, 0.1) is 11.8 Å². The Balaban J connectivity index is 1.82. The number of aliphatic hydroxyl groups excluding tert-OH is 2. The Kier molecular flexibility index (Phi) is 12.0. The summed E-state index contributed by atoms with van der Waals surface area (Å²) in [5, 5.41) is 25.8. The highest BCUT2D eigenvalue weighted by Gasteiger charge is 2.37. The minimum atomic E-state index is -1.64. The number of hydrogen-bond donors (Lipinski definition) is 6. The van der Waals surface area contributed by atoms with Crippen LogP contribution in [0.25, 0.3) is 0 Å². The molecule has 7 N–H and O–H groups in total. The number of rotatable bonds is 15. The van der Waals surface area contributed by atoms with Crippen molar-refractivity contribution in [1.82, 2.24) is 20.6 Å². The average molecular weight is 566 g/mol. The first-order chi connectivity index (χ1) is 19.6. The number of ketones is 1. The molecule has 1 aromatic heterocycles. The molecule has 1 unspecified atom stereocenters. The number of amides is 2. The van der Waals surface area contributed by atoms with Gasteiger partial charge in [-0.15, -0.1) is 0 Å². The number of aromatic amines is 1. The van der Waals surface area contributed by atoms with E-state index in [-0.39, 0.29) is 31.8 Å². The second kappa shape index (κ2) is 15.7. The summed E-state index contributed by atoms with van der Waals surface area (Å²) in [6, 6.07) is 16.1. The van der Waals surface area contributed by atoms with E-state index in [1.165, 1.54) is 12.5 Å². The normalized spacial score (nSPS) is 14.9. The average Bonchev–Trinajstić information content (AvgIpc) is 3.47. The Morgan fingerprint density at radius 2 is 1.56 bits per heavy atom. The lowest BCUT2D eigenvalue weighted by Gasteiger charge is -2.30. The van der Waals surface area contributed by atoms with Gasteiger partial charge in [0.1, 0.15) is 25.0 Å². The maximum absolute atomic E-state index is 13.8. The van der Waals surface area contributed by atoms with Gasteiger partial charge in [-0.05, 0) is 23.5 Å². The van der Waals surface area contributed by atoms with Crippen molar-refractivity contribution in [2.45, 2.75) is 64.1 Å². The van der Waals surface area contributed by atoms with Crippen LogP contribution in [0.3, 0.4) is 0 Å². The zero-order chi connectivity index (χ0) is 29.8. The third-order valence-corrected chi connectivity index (χ3v) is 6.60. The number of ether oxygens (including phenoxy) is 1. The van der Waals surface area contributed by atoms with E-state index >= 15 is 0 Å². The van der Waals surface area contributed by atoms with Crippen molar-refractivity contribution < 1.29 is 29.3 Å². The summed E-state index contributed by atoms with van der Waals surface area (Å²) in [5.74, 6) is -2.16. The Hall–Kier alpha value is -4.06. The number of carbonyl (C=O) groups is 3. The number of H-pyrrole nitrogens is 1. The van der Waals surface area contributed by atoms with Crippen LogP contribution in [0.1, 0.15) is 37.1 Å². The van der Waals surface area contributed by atoms with Crippen LogP contribution in [0.15, 0.2) is 73.2 Å². The molecule has 0 bridgehead atoms. The zero-order valence-electron chi connectivity index (χ0n) is 23.3. The summed E-state index contributed by atoms with van der Waals surface area (Å²) in [7, 11) is 0. The highest BCUT2D eigenvalue weighted by molar-refractivity contribution is 5.93. The Bertz CT molecular complexity index is 1220. The second-order valence-corrected chi connectivity index (χ2v) is 10.4. The third-order valence-electron chi connectivity index (χ3n) is 6.60. The van der Waals surface area contributed by atoms with E-state index < -0.39 is 48.1 Å². The van der Waals surface area contributed by atoms with Gasteiger partial charge in [-0.25, -0.2) is 9.78 Å². The number of alkyl carbamates (subject to hydrolysis) is 1. The topological polar surface area (TPSA) is 180 Å². The van der Waals surface area contributed by atoms with Gasteiger partial charge in [-0.1, -0.05) is 74.5 Å². The largest absolute Gasteiger partial charge is 0.445 e. The fourth-order valence-corrected chi connectivity index (χ4v) is 4.51. The maximum Gasteiger partial charge on any atom is 0.408 e. The number of Topliss-reactive ketones (excluding diaryl/α,β-unsaturated/α-hetero) is 1. The molecule has 11 nitrogen and oxygen atoms in total. The smallest absolute Gasteiger partial charge is 0.408 e. The molecule has 0 aliphatic rings. The number of benzene rings is 2. The molecule has 41 heavy (non-hydrogen) atoms. The molecule has 3 aromatic rings. The van der Waals surface area contributed by atoms with Crippen LogP contribution in [-0.2, 0) is 33.8 Å². The summed E-state index contributed by atoms with van der Waals surface area (Å²) in [5.41, 5.74) is 7.68. The van der Waals surface area contributed by atoms with E-state index in [1.54, 1.807) is 0 Å². The lowest BCUT2D eigenvalue weighted by atomic mass is 9.83. The number of aromatic nitrogens is 2. The minimum Gasteiger partial charge on any atom is -0.445 e. The van der Waals surface area contributed by atoms with Crippen LogP contribution in [-0.4, -0.2) is 62.4 Å². The van der Waals surface area contributed by atoms with Crippen LogP contribution in [0.5, 0.6) is 0 Å². The highest BCUT2D eigenvalue weighted by Crippen LogP contribution is 2.21. The number of imidazole rings is 1. The molecule has 0 aliphatic carbocycles. The minimum absolute atomic E-state index is 0.00673. The SMILES string of the molecule is CC(C)C[C@H](C(=O)[C@H](Cc1cnc[nH]1)NC(=O)[C@H](Cc1ccccc1)NC(=O)OCc1ccccc1)[C@H](O)C(N)O. The number of hydrogen-bond acceptors (Lipinski definition) is 8. The van der Waals surface area contributed by atoms with Crippen molar-refractivity contribution in [2.24, 2.45) is 17.6 Å². The van der Waals surface area contributed by atoms with Gasteiger partial charge in [0.25, 0.3) is 0 Å². The van der Waals surface area contributed by atoms with Crippen molar-refractivity contribution in [1.29, 1.82) is 0 Å². The predicted octanol–water partition coefficient (Wildman–Crippen LogP) is 1.84. The lowest BCUT2D eigenvalue weighted by molar-refractivity contribution is -0.136. The van der Waals surface area contributed by atoms with Gasteiger partial charge < -0.3 is 36.3 Å². The van der Waals surface area contributed by atoms with Gasteiger partial charge in [0, 0.05) is 30.7 Å². The number of nitrogens with zero attached hydrogens (tertiary/aromatic N) is 1. The van der Waals surface area contributed by atoms with E-state index in [0.717, 1.165) is 11.1 Å². The van der Waals surface area contributed by atoms with Gasteiger partial charge >= 0.3 is 6.09 Å². The fourth-order valence-electron chi connectivity index (χ4n) is 4.51. The third kappa shape index (κ3) is 10.1. The fraction of sp³-hybridized carbons (Fsp3) is 0.400. The summed E-state index contributed by atoms with van der Waals surface area (Å²) in [6.45, 7) is 3.77. The maximum atomic E-state index is 13.8. The monoisotopic (exact) mass is 565 g/mol. The second-order valence-electron chi connectivity index (χ2n) is 10.4. The quantitative estimate of drug-likeness (QED) is 0.151.